The molecular formula is C21H22FN3O2. The number of fused-ring (bicyclic) bond motifs is 1. The van der Waals surface area contributed by atoms with Gasteiger partial charge in [0.15, 0.2) is 0 Å². The summed E-state index contributed by atoms with van der Waals surface area (Å²) in [4.78, 5) is 11.6. The average Bonchev–Trinajstić information content (AvgIpc) is 2.66. The van der Waals surface area contributed by atoms with Crippen LogP contribution in [0.25, 0.3) is 22.2 Å². The van der Waals surface area contributed by atoms with Gasteiger partial charge in [-0.1, -0.05) is 12.1 Å². The molecule has 2 heterocycles. The zero-order valence-electron chi connectivity index (χ0n) is 15.4. The summed E-state index contributed by atoms with van der Waals surface area (Å²) in [6.45, 7) is 3.29. The van der Waals surface area contributed by atoms with Crippen LogP contribution in [-0.4, -0.2) is 40.9 Å². The molecule has 4 rings (SSSR count). The second-order valence-corrected chi connectivity index (χ2v) is 7.24. The molecule has 0 bridgehead atoms. The number of ether oxygens (including phenoxy) is 1. The van der Waals surface area contributed by atoms with Gasteiger partial charge in [0.25, 0.3) is 0 Å². The highest BCUT2D eigenvalue weighted by atomic mass is 19.1. The van der Waals surface area contributed by atoms with Crippen molar-refractivity contribution in [2.75, 3.05) is 25.1 Å². The van der Waals surface area contributed by atoms with E-state index in [4.69, 9.17) is 9.72 Å². The number of rotatable bonds is 3. The quantitative estimate of drug-likeness (QED) is 0.763. The van der Waals surface area contributed by atoms with Crippen LogP contribution in [-0.2, 0) is 0 Å². The van der Waals surface area contributed by atoms with Crippen molar-refractivity contribution >= 4 is 16.9 Å². The van der Waals surface area contributed by atoms with Gasteiger partial charge in [-0.05, 0) is 49.6 Å². The number of anilines is 1. The lowest BCUT2D eigenvalue weighted by atomic mass is 9.94. The van der Waals surface area contributed by atoms with Gasteiger partial charge in [0, 0.05) is 18.7 Å². The molecule has 1 N–H and O–H groups in total. The van der Waals surface area contributed by atoms with Gasteiger partial charge in [-0.3, -0.25) is 0 Å². The van der Waals surface area contributed by atoms with E-state index in [-0.39, 0.29) is 5.82 Å². The smallest absolute Gasteiger partial charge is 0.147 e. The van der Waals surface area contributed by atoms with Gasteiger partial charge in [-0.2, -0.15) is 0 Å². The molecule has 0 amide bonds. The number of benzene rings is 2. The van der Waals surface area contributed by atoms with Crippen LogP contribution < -0.4 is 9.64 Å². The number of methoxy groups -OCH3 is 1. The van der Waals surface area contributed by atoms with Crippen molar-refractivity contribution < 1.29 is 14.2 Å². The van der Waals surface area contributed by atoms with Gasteiger partial charge in [0.1, 0.15) is 28.4 Å². The zero-order valence-corrected chi connectivity index (χ0v) is 15.4. The Kier molecular flexibility index (Phi) is 4.44. The number of halogens is 1. The summed E-state index contributed by atoms with van der Waals surface area (Å²) >= 11 is 0. The van der Waals surface area contributed by atoms with Crippen LogP contribution in [0.2, 0.25) is 0 Å². The van der Waals surface area contributed by atoms with E-state index >= 15 is 0 Å². The minimum absolute atomic E-state index is 0.293. The number of aliphatic hydroxyl groups is 1. The molecule has 0 aliphatic carbocycles. The largest absolute Gasteiger partial charge is 0.494 e. The van der Waals surface area contributed by atoms with Crippen LogP contribution >= 0.6 is 0 Å². The van der Waals surface area contributed by atoms with Crippen molar-refractivity contribution in [1.29, 1.82) is 0 Å². The number of nitrogens with zero attached hydrogens (tertiary/aromatic N) is 3. The molecule has 1 aromatic heterocycles. The standard InChI is InChI=1S/C21H22FN3O2/c1-21(26)8-10-25(11-9-21)18-13-23-20-17(27-2)7-6-16(19(20)24-18)14-4-3-5-15(22)12-14/h3-7,12-13,26H,8-11H2,1-2H3. The lowest BCUT2D eigenvalue weighted by Crippen LogP contribution is -2.42. The highest BCUT2D eigenvalue weighted by molar-refractivity contribution is 5.95. The maximum absolute atomic E-state index is 13.7. The third-order valence-corrected chi connectivity index (χ3v) is 5.17. The first-order valence-corrected chi connectivity index (χ1v) is 9.04. The summed E-state index contributed by atoms with van der Waals surface area (Å²) in [6, 6.07) is 10.2. The number of aromatic nitrogens is 2. The molecule has 1 saturated heterocycles. The van der Waals surface area contributed by atoms with Gasteiger partial charge in [0.05, 0.1) is 18.9 Å². The van der Waals surface area contributed by atoms with Crippen LogP contribution in [0.4, 0.5) is 10.2 Å². The molecule has 1 aliphatic rings. The highest BCUT2D eigenvalue weighted by Crippen LogP contribution is 2.34. The van der Waals surface area contributed by atoms with E-state index in [0.717, 1.165) is 16.9 Å². The molecule has 2 aromatic carbocycles. The van der Waals surface area contributed by atoms with Gasteiger partial charge < -0.3 is 14.7 Å². The molecule has 27 heavy (non-hydrogen) atoms. The normalized spacial score (nSPS) is 16.5. The number of piperidine rings is 1. The molecule has 0 spiro atoms. The molecule has 3 aromatic rings. The third kappa shape index (κ3) is 3.45. The Labute approximate surface area is 157 Å². The molecule has 1 aliphatic heterocycles. The van der Waals surface area contributed by atoms with Crippen molar-refractivity contribution in [2.45, 2.75) is 25.4 Å². The van der Waals surface area contributed by atoms with Crippen LogP contribution in [0, 0.1) is 5.82 Å². The van der Waals surface area contributed by atoms with Crippen LogP contribution in [0.3, 0.4) is 0 Å². The molecule has 140 valence electrons. The van der Waals surface area contributed by atoms with Gasteiger partial charge >= 0.3 is 0 Å². The molecule has 0 saturated carbocycles. The Balaban J connectivity index is 1.82. The van der Waals surface area contributed by atoms with Crippen molar-refractivity contribution in [2.24, 2.45) is 0 Å². The third-order valence-electron chi connectivity index (χ3n) is 5.17. The Morgan fingerprint density at radius 2 is 1.93 bits per heavy atom. The molecule has 6 heteroatoms. The highest BCUT2D eigenvalue weighted by Gasteiger charge is 2.28. The maximum atomic E-state index is 13.7. The second-order valence-electron chi connectivity index (χ2n) is 7.24. The fraction of sp³-hybridized carbons (Fsp3) is 0.333. The van der Waals surface area contributed by atoms with E-state index in [0.29, 0.717) is 42.7 Å². The zero-order chi connectivity index (χ0) is 19.0. The number of hydrogen-bond acceptors (Lipinski definition) is 5. The topological polar surface area (TPSA) is 58.5 Å². The van der Waals surface area contributed by atoms with Crippen molar-refractivity contribution in [3.63, 3.8) is 0 Å². The molecule has 5 nitrogen and oxygen atoms in total. The average molecular weight is 367 g/mol. The molecule has 0 atom stereocenters. The Hall–Kier alpha value is -2.73. The minimum atomic E-state index is -0.628. The first-order valence-electron chi connectivity index (χ1n) is 9.04. The van der Waals surface area contributed by atoms with Gasteiger partial charge in [0.2, 0.25) is 0 Å². The fourth-order valence-electron chi connectivity index (χ4n) is 3.49. The lowest BCUT2D eigenvalue weighted by Gasteiger charge is -2.36. The SMILES string of the molecule is COc1ccc(-c2cccc(F)c2)c2nc(N3CCC(C)(O)CC3)cnc12. The van der Waals surface area contributed by atoms with E-state index in [9.17, 15) is 9.50 Å². The molecule has 1 fully saturated rings. The van der Waals surface area contributed by atoms with Crippen molar-refractivity contribution in [1.82, 2.24) is 9.97 Å². The van der Waals surface area contributed by atoms with Gasteiger partial charge in [-0.15, -0.1) is 0 Å². The summed E-state index contributed by atoms with van der Waals surface area (Å²) in [5.41, 5.74) is 2.25. The van der Waals surface area contributed by atoms with Crippen molar-refractivity contribution in [3.05, 3.63) is 48.4 Å². The minimum Gasteiger partial charge on any atom is -0.494 e. The summed E-state index contributed by atoms with van der Waals surface area (Å²) in [7, 11) is 1.60. The van der Waals surface area contributed by atoms with Crippen LogP contribution in [0.15, 0.2) is 42.6 Å². The summed E-state index contributed by atoms with van der Waals surface area (Å²) in [5, 5.41) is 10.2. The molecule has 0 radical (unpaired) electrons. The predicted octanol–water partition coefficient (Wildman–Crippen LogP) is 3.80. The Morgan fingerprint density at radius 3 is 2.63 bits per heavy atom. The predicted molar refractivity (Wildman–Crippen MR) is 104 cm³/mol. The molecule has 0 unspecified atom stereocenters. The lowest BCUT2D eigenvalue weighted by molar-refractivity contribution is 0.0350. The van der Waals surface area contributed by atoms with Crippen LogP contribution in [0.1, 0.15) is 19.8 Å². The van der Waals surface area contributed by atoms with E-state index in [1.165, 1.54) is 12.1 Å². The van der Waals surface area contributed by atoms with Crippen molar-refractivity contribution in [3.8, 4) is 16.9 Å². The summed E-state index contributed by atoms with van der Waals surface area (Å²) in [6.07, 6.45) is 3.10. The molecular weight excluding hydrogens is 345 g/mol. The van der Waals surface area contributed by atoms with E-state index in [1.807, 2.05) is 25.1 Å². The monoisotopic (exact) mass is 367 g/mol. The Morgan fingerprint density at radius 1 is 1.15 bits per heavy atom. The second kappa shape index (κ2) is 6.78. The first kappa shape index (κ1) is 17.7. The first-order chi connectivity index (χ1) is 13.0. The summed E-state index contributed by atoms with van der Waals surface area (Å²) in [5.74, 6) is 1.09. The van der Waals surface area contributed by atoms with E-state index < -0.39 is 5.60 Å². The van der Waals surface area contributed by atoms with Crippen LogP contribution in [0.5, 0.6) is 5.75 Å². The van der Waals surface area contributed by atoms with E-state index in [2.05, 4.69) is 9.88 Å². The maximum Gasteiger partial charge on any atom is 0.147 e. The summed E-state index contributed by atoms with van der Waals surface area (Å²) < 4.78 is 19.2. The van der Waals surface area contributed by atoms with E-state index in [1.54, 1.807) is 19.4 Å². The van der Waals surface area contributed by atoms with Gasteiger partial charge in [-0.25, -0.2) is 14.4 Å². The Bertz CT molecular complexity index is 980. The fourth-order valence-corrected chi connectivity index (χ4v) is 3.49. The number of hydrogen-bond donors (Lipinski definition) is 1.